The summed E-state index contributed by atoms with van der Waals surface area (Å²) >= 11 is 0. The number of benzene rings is 2. The normalized spacial score (nSPS) is 20.9. The Morgan fingerprint density at radius 3 is 2.54 bits per heavy atom. The van der Waals surface area contributed by atoms with Crippen LogP contribution in [-0.4, -0.2) is 56.1 Å². The molecule has 8 heteroatoms. The molecule has 2 heterocycles. The van der Waals surface area contributed by atoms with Crippen molar-refractivity contribution in [3.8, 4) is 0 Å². The van der Waals surface area contributed by atoms with Crippen molar-refractivity contribution >= 4 is 27.6 Å². The number of carbonyl (C=O) groups is 1. The lowest BCUT2D eigenvalue weighted by molar-refractivity contribution is 0.0697. The van der Waals surface area contributed by atoms with Crippen LogP contribution in [0.4, 0.5) is 5.69 Å². The van der Waals surface area contributed by atoms with Crippen LogP contribution >= 0.6 is 10.9 Å². The van der Waals surface area contributed by atoms with Crippen molar-refractivity contribution in [3.63, 3.8) is 0 Å². The molecule has 2 aliphatic rings. The van der Waals surface area contributed by atoms with E-state index < -0.39 is 16.9 Å². The number of fused-ring (bicyclic) bond motifs is 1. The number of nitrogens with zero attached hydrogens (tertiary/aromatic N) is 2. The summed E-state index contributed by atoms with van der Waals surface area (Å²) in [5.41, 5.74) is 7.38. The van der Waals surface area contributed by atoms with Gasteiger partial charge in [-0.25, -0.2) is 10.2 Å². The van der Waals surface area contributed by atoms with Crippen LogP contribution in [0.1, 0.15) is 60.0 Å². The molecule has 0 aromatic heterocycles. The Kier molecular flexibility index (Phi) is 8.16. The molecule has 35 heavy (non-hydrogen) atoms. The molecule has 0 spiro atoms. The first-order valence-electron chi connectivity index (χ1n) is 12.6. The summed E-state index contributed by atoms with van der Waals surface area (Å²) < 4.78 is 0. The van der Waals surface area contributed by atoms with Gasteiger partial charge in [0.2, 0.25) is 0 Å². The van der Waals surface area contributed by atoms with Crippen LogP contribution in [0.25, 0.3) is 0 Å². The van der Waals surface area contributed by atoms with Crippen LogP contribution in [-0.2, 0) is 5.66 Å². The lowest BCUT2D eigenvalue weighted by atomic mass is 9.85. The number of nitrogens with one attached hydrogen (secondary N) is 3. The largest absolute Gasteiger partial charge is 0.478 e. The third kappa shape index (κ3) is 5.11. The van der Waals surface area contributed by atoms with Gasteiger partial charge in [-0.15, -0.1) is 0 Å². The van der Waals surface area contributed by atoms with Crippen LogP contribution in [0.5, 0.6) is 0 Å². The van der Waals surface area contributed by atoms with Crippen molar-refractivity contribution in [3.05, 3.63) is 59.2 Å². The van der Waals surface area contributed by atoms with Crippen molar-refractivity contribution in [1.82, 2.24) is 16.1 Å². The Bertz CT molecular complexity index is 1070. The SMILES string of the molecule is CCC(CCC1=NCC[SH]1c1ccc(C(=O)O)cc1)c1ccc2c(c1)N(NC)CCC2(NC)NC. The van der Waals surface area contributed by atoms with Gasteiger partial charge in [-0.2, -0.15) is 10.9 Å². The lowest BCUT2D eigenvalue weighted by Gasteiger charge is -2.44. The van der Waals surface area contributed by atoms with E-state index in [4.69, 9.17) is 4.99 Å². The molecule has 2 unspecified atom stereocenters. The maximum atomic E-state index is 11.2. The molecule has 4 rings (SSSR count). The molecule has 4 N–H and O–H groups in total. The van der Waals surface area contributed by atoms with Crippen molar-refractivity contribution in [2.75, 3.05) is 45.0 Å². The summed E-state index contributed by atoms with van der Waals surface area (Å²) in [5, 5.41) is 19.8. The topological polar surface area (TPSA) is 89.0 Å². The highest BCUT2D eigenvalue weighted by molar-refractivity contribution is 8.30. The van der Waals surface area contributed by atoms with Crippen LogP contribution in [0.3, 0.4) is 0 Å². The number of thiol groups is 1. The van der Waals surface area contributed by atoms with E-state index in [0.29, 0.717) is 11.5 Å². The molecule has 2 atom stereocenters. The predicted molar refractivity (Wildman–Crippen MR) is 147 cm³/mol. The standard InChI is InChI=1S/C27H39N5O2S/c1-5-19(9-13-25-31-15-17-35(25)22-10-6-20(7-11-22)26(33)34)21-8-12-23-24(18-21)32(30-4)16-14-27(23,28-2)29-3/h6-8,10-12,18-19,28-30,35H,5,9,13-17H2,1-4H3,(H,33,34). The van der Waals surface area contributed by atoms with Crippen molar-refractivity contribution < 1.29 is 9.90 Å². The van der Waals surface area contributed by atoms with Gasteiger partial charge in [0.1, 0.15) is 0 Å². The smallest absolute Gasteiger partial charge is 0.335 e. The zero-order valence-corrected chi connectivity index (χ0v) is 22.2. The van der Waals surface area contributed by atoms with E-state index >= 15 is 0 Å². The number of aliphatic imine (C=N–C) groups is 1. The van der Waals surface area contributed by atoms with Gasteiger partial charge in [-0.3, -0.25) is 15.6 Å². The second kappa shape index (κ2) is 11.1. The summed E-state index contributed by atoms with van der Waals surface area (Å²) in [6.45, 7) is 4.08. The average molecular weight is 498 g/mol. The van der Waals surface area contributed by atoms with Crippen molar-refractivity contribution in [1.29, 1.82) is 0 Å². The Balaban J connectivity index is 1.51. The van der Waals surface area contributed by atoms with Crippen molar-refractivity contribution in [2.45, 2.75) is 49.1 Å². The molecule has 0 saturated carbocycles. The van der Waals surface area contributed by atoms with Gasteiger partial charge in [-0.05, 0) is 80.1 Å². The van der Waals surface area contributed by atoms with Gasteiger partial charge in [0.25, 0.3) is 0 Å². The molecular formula is C27H39N5O2S. The maximum absolute atomic E-state index is 11.2. The Labute approximate surface area is 211 Å². The molecular weight excluding hydrogens is 458 g/mol. The van der Waals surface area contributed by atoms with E-state index in [1.807, 2.05) is 33.3 Å². The Morgan fingerprint density at radius 2 is 1.91 bits per heavy atom. The van der Waals surface area contributed by atoms with Crippen LogP contribution in [0, 0.1) is 0 Å². The van der Waals surface area contributed by atoms with Gasteiger partial charge < -0.3 is 10.1 Å². The van der Waals surface area contributed by atoms with Crippen molar-refractivity contribution in [2.24, 2.45) is 4.99 Å². The maximum Gasteiger partial charge on any atom is 0.335 e. The first-order valence-corrected chi connectivity index (χ1v) is 14.1. The lowest BCUT2D eigenvalue weighted by Crippen LogP contribution is -2.57. The molecule has 2 aromatic rings. The molecule has 0 fully saturated rings. The predicted octanol–water partition coefficient (Wildman–Crippen LogP) is 4.07. The van der Waals surface area contributed by atoms with E-state index in [0.717, 1.165) is 44.5 Å². The molecule has 0 saturated heterocycles. The molecule has 7 nitrogen and oxygen atoms in total. The molecule has 0 aliphatic carbocycles. The average Bonchev–Trinajstić information content (AvgIpc) is 3.37. The number of anilines is 1. The second-order valence-electron chi connectivity index (χ2n) is 9.25. The third-order valence-electron chi connectivity index (χ3n) is 7.64. The van der Waals surface area contributed by atoms with Gasteiger partial charge >= 0.3 is 5.97 Å². The minimum atomic E-state index is -0.876. The molecule has 2 aliphatic heterocycles. The number of carboxylic acid groups (broad SMARTS) is 1. The van der Waals surface area contributed by atoms with Crippen LogP contribution in [0.2, 0.25) is 0 Å². The number of carboxylic acids is 1. The number of rotatable bonds is 10. The van der Waals surface area contributed by atoms with Crippen LogP contribution in [0.15, 0.2) is 52.4 Å². The fourth-order valence-corrected chi connectivity index (χ4v) is 7.77. The monoisotopic (exact) mass is 497 g/mol. The Hall–Kier alpha value is -2.39. The van der Waals surface area contributed by atoms with E-state index in [-0.39, 0.29) is 5.66 Å². The van der Waals surface area contributed by atoms with Crippen LogP contribution < -0.4 is 21.1 Å². The van der Waals surface area contributed by atoms with Gasteiger partial charge in [-0.1, -0.05) is 19.1 Å². The number of aromatic carboxylic acids is 1. The second-order valence-corrected chi connectivity index (χ2v) is 11.6. The fraction of sp³-hybridized carbons (Fsp3) is 0.481. The molecule has 0 bridgehead atoms. The van der Waals surface area contributed by atoms with E-state index in [1.54, 1.807) is 12.1 Å². The fourth-order valence-electron chi connectivity index (χ4n) is 5.48. The quantitative estimate of drug-likeness (QED) is 0.251. The highest BCUT2D eigenvalue weighted by Gasteiger charge is 2.37. The summed E-state index contributed by atoms with van der Waals surface area (Å²) in [7, 11) is 5.58. The Morgan fingerprint density at radius 1 is 1.17 bits per heavy atom. The van der Waals surface area contributed by atoms with Gasteiger partial charge in [0.15, 0.2) is 0 Å². The summed E-state index contributed by atoms with van der Waals surface area (Å²) in [6, 6.07) is 14.4. The summed E-state index contributed by atoms with van der Waals surface area (Å²) in [6.07, 6.45) is 4.12. The molecule has 0 radical (unpaired) electrons. The first kappa shape index (κ1) is 25.7. The molecule has 190 valence electrons. The minimum absolute atomic E-state index is 0.215. The first-order chi connectivity index (χ1) is 17.0. The van der Waals surface area contributed by atoms with E-state index in [1.165, 1.54) is 26.8 Å². The number of hydrogen-bond acceptors (Lipinski definition) is 6. The number of hydrogen-bond donors (Lipinski definition) is 5. The third-order valence-corrected chi connectivity index (χ3v) is 10.2. The zero-order chi connectivity index (χ0) is 25.0. The minimum Gasteiger partial charge on any atom is -0.478 e. The highest BCUT2D eigenvalue weighted by Crippen LogP contribution is 2.44. The van der Waals surface area contributed by atoms with E-state index in [2.05, 4.69) is 46.2 Å². The van der Waals surface area contributed by atoms with Gasteiger partial charge in [0, 0.05) is 37.9 Å². The van der Waals surface area contributed by atoms with E-state index in [9.17, 15) is 9.90 Å². The number of hydrazine groups is 1. The zero-order valence-electron chi connectivity index (χ0n) is 21.3. The highest BCUT2D eigenvalue weighted by atomic mass is 32.2. The van der Waals surface area contributed by atoms with Gasteiger partial charge in [0.05, 0.1) is 22.0 Å². The summed E-state index contributed by atoms with van der Waals surface area (Å²) in [5.74, 6) is 0.660. The summed E-state index contributed by atoms with van der Waals surface area (Å²) in [4.78, 5) is 17.3. The molecule has 0 amide bonds. The molecule has 2 aromatic carbocycles.